The van der Waals surface area contributed by atoms with Crippen LogP contribution in [0.3, 0.4) is 0 Å². The molecule has 0 radical (unpaired) electrons. The Morgan fingerprint density at radius 1 is 1.07 bits per heavy atom. The summed E-state index contributed by atoms with van der Waals surface area (Å²) in [7, 11) is 0. The molecule has 0 bridgehead atoms. The fourth-order valence-corrected chi connectivity index (χ4v) is 1.60. The minimum absolute atomic E-state index is 0.0533. The summed E-state index contributed by atoms with van der Waals surface area (Å²) in [5, 5.41) is 4.32. The van der Waals surface area contributed by atoms with Crippen LogP contribution in [0.2, 0.25) is 10.6 Å². The van der Waals surface area contributed by atoms with E-state index in [2.05, 4.69) is 20.1 Å². The van der Waals surface area contributed by atoms with Crippen molar-refractivity contribution in [2.45, 2.75) is 13.8 Å². The van der Waals surface area contributed by atoms with Crippen LogP contribution in [-0.4, -0.2) is 24.7 Å². The molecular formula is C8H7Cl2N5. The minimum Gasteiger partial charge on any atom is -0.203 e. The highest BCUT2D eigenvalue weighted by atomic mass is 35.5. The summed E-state index contributed by atoms with van der Waals surface area (Å²) in [6, 6.07) is 1.91. The maximum Gasteiger partial charge on any atom is 0.256 e. The molecule has 0 fully saturated rings. The van der Waals surface area contributed by atoms with Crippen LogP contribution in [-0.2, 0) is 0 Å². The lowest BCUT2D eigenvalue weighted by atomic mass is 10.4. The maximum absolute atomic E-state index is 5.67. The van der Waals surface area contributed by atoms with E-state index in [-0.39, 0.29) is 10.6 Å². The Morgan fingerprint density at radius 3 is 2.13 bits per heavy atom. The quantitative estimate of drug-likeness (QED) is 0.769. The predicted molar refractivity (Wildman–Crippen MR) is 56.4 cm³/mol. The summed E-state index contributed by atoms with van der Waals surface area (Å²) in [5.41, 5.74) is 1.78. The summed E-state index contributed by atoms with van der Waals surface area (Å²) in [5.74, 6) is 0.325. The van der Waals surface area contributed by atoms with Gasteiger partial charge in [-0.25, -0.2) is 4.68 Å². The number of aryl methyl sites for hydroxylation is 2. The smallest absolute Gasteiger partial charge is 0.203 e. The molecule has 78 valence electrons. The molecule has 0 aliphatic rings. The van der Waals surface area contributed by atoms with E-state index in [1.54, 1.807) is 4.68 Å². The first-order valence-corrected chi connectivity index (χ1v) is 4.92. The number of nitrogens with zero attached hydrogens (tertiary/aromatic N) is 5. The number of aromatic nitrogens is 5. The summed E-state index contributed by atoms with van der Waals surface area (Å²) in [4.78, 5) is 11.5. The van der Waals surface area contributed by atoms with Gasteiger partial charge in [0.05, 0.1) is 5.69 Å². The molecule has 0 aliphatic heterocycles. The third kappa shape index (κ3) is 2.08. The van der Waals surface area contributed by atoms with Gasteiger partial charge in [-0.3, -0.25) is 0 Å². The van der Waals surface area contributed by atoms with Gasteiger partial charge in [-0.2, -0.15) is 20.1 Å². The average Bonchev–Trinajstić information content (AvgIpc) is 2.43. The van der Waals surface area contributed by atoms with Crippen LogP contribution in [0.25, 0.3) is 5.95 Å². The second kappa shape index (κ2) is 3.75. The molecule has 2 heterocycles. The standard InChI is InChI=1S/C8H7Cl2N5/c1-4-3-5(2)15(14-4)8-12-6(9)11-7(10)13-8/h3H,1-2H3. The third-order valence-corrected chi connectivity index (χ3v) is 2.11. The van der Waals surface area contributed by atoms with Gasteiger partial charge in [-0.05, 0) is 43.1 Å². The lowest BCUT2D eigenvalue weighted by molar-refractivity contribution is 0.764. The highest BCUT2D eigenvalue weighted by molar-refractivity contribution is 6.31. The van der Waals surface area contributed by atoms with Crippen LogP contribution in [0.1, 0.15) is 11.4 Å². The predicted octanol–water partition coefficient (Wildman–Crippen LogP) is 1.98. The van der Waals surface area contributed by atoms with Crippen LogP contribution < -0.4 is 0 Å². The number of rotatable bonds is 1. The molecule has 0 spiro atoms. The second-order valence-corrected chi connectivity index (χ2v) is 3.69. The lowest BCUT2D eigenvalue weighted by Gasteiger charge is -2.01. The Labute approximate surface area is 96.1 Å². The third-order valence-electron chi connectivity index (χ3n) is 1.77. The van der Waals surface area contributed by atoms with Gasteiger partial charge in [0, 0.05) is 5.69 Å². The molecule has 2 aromatic heterocycles. The Bertz CT molecular complexity index is 487. The van der Waals surface area contributed by atoms with Crippen molar-refractivity contribution in [3.05, 3.63) is 28.0 Å². The molecule has 0 aliphatic carbocycles. The highest BCUT2D eigenvalue weighted by Crippen LogP contribution is 2.12. The van der Waals surface area contributed by atoms with Crippen molar-refractivity contribution >= 4 is 23.2 Å². The molecule has 0 aromatic carbocycles. The van der Waals surface area contributed by atoms with Crippen LogP contribution in [0.5, 0.6) is 0 Å². The maximum atomic E-state index is 5.67. The van der Waals surface area contributed by atoms with Crippen LogP contribution >= 0.6 is 23.2 Å². The molecule has 2 rings (SSSR count). The van der Waals surface area contributed by atoms with E-state index >= 15 is 0 Å². The van der Waals surface area contributed by atoms with E-state index in [9.17, 15) is 0 Å². The van der Waals surface area contributed by atoms with Gasteiger partial charge < -0.3 is 0 Å². The fourth-order valence-electron chi connectivity index (χ4n) is 1.24. The molecular weight excluding hydrogens is 237 g/mol. The molecule has 15 heavy (non-hydrogen) atoms. The van der Waals surface area contributed by atoms with Crippen molar-refractivity contribution in [3.63, 3.8) is 0 Å². The van der Waals surface area contributed by atoms with Gasteiger partial charge in [0.25, 0.3) is 5.95 Å². The van der Waals surface area contributed by atoms with Crippen molar-refractivity contribution in [2.24, 2.45) is 0 Å². The first kappa shape index (κ1) is 10.3. The Balaban J connectivity index is 2.58. The molecule has 0 N–H and O–H groups in total. The van der Waals surface area contributed by atoms with Crippen molar-refractivity contribution in [1.29, 1.82) is 0 Å². The Hall–Kier alpha value is -1.20. The van der Waals surface area contributed by atoms with Crippen LogP contribution in [0.4, 0.5) is 0 Å². The number of hydrogen-bond donors (Lipinski definition) is 0. The summed E-state index contributed by atoms with van der Waals surface area (Å²) < 4.78 is 1.56. The first-order chi connectivity index (χ1) is 7.06. The summed E-state index contributed by atoms with van der Waals surface area (Å²) in [6.07, 6.45) is 0. The van der Waals surface area contributed by atoms with E-state index in [0.717, 1.165) is 11.4 Å². The van der Waals surface area contributed by atoms with Gasteiger partial charge >= 0.3 is 0 Å². The monoisotopic (exact) mass is 243 g/mol. The van der Waals surface area contributed by atoms with Crippen molar-refractivity contribution < 1.29 is 0 Å². The summed E-state index contributed by atoms with van der Waals surface area (Å²) >= 11 is 11.3. The second-order valence-electron chi connectivity index (χ2n) is 3.01. The average molecular weight is 244 g/mol. The van der Waals surface area contributed by atoms with Crippen molar-refractivity contribution in [1.82, 2.24) is 24.7 Å². The molecule has 0 saturated carbocycles. The van der Waals surface area contributed by atoms with E-state index in [0.29, 0.717) is 5.95 Å². The normalized spacial score (nSPS) is 10.7. The van der Waals surface area contributed by atoms with Gasteiger partial charge in [0.15, 0.2) is 0 Å². The zero-order valence-corrected chi connectivity index (χ0v) is 9.58. The SMILES string of the molecule is Cc1cc(C)n(-c2nc(Cl)nc(Cl)n2)n1. The zero-order chi connectivity index (χ0) is 11.0. The number of halogens is 2. The van der Waals surface area contributed by atoms with Crippen molar-refractivity contribution in [2.75, 3.05) is 0 Å². The zero-order valence-electron chi connectivity index (χ0n) is 8.07. The molecule has 0 atom stereocenters. The van der Waals surface area contributed by atoms with Gasteiger partial charge in [-0.15, -0.1) is 0 Å². The topological polar surface area (TPSA) is 56.5 Å². The molecule has 7 heteroatoms. The Morgan fingerprint density at radius 2 is 1.67 bits per heavy atom. The van der Waals surface area contributed by atoms with E-state index in [4.69, 9.17) is 23.2 Å². The largest absolute Gasteiger partial charge is 0.256 e. The van der Waals surface area contributed by atoms with Gasteiger partial charge in [0.1, 0.15) is 0 Å². The molecule has 0 saturated heterocycles. The first-order valence-electron chi connectivity index (χ1n) is 4.17. The highest BCUT2D eigenvalue weighted by Gasteiger charge is 2.09. The van der Waals surface area contributed by atoms with E-state index < -0.39 is 0 Å². The van der Waals surface area contributed by atoms with Crippen LogP contribution in [0.15, 0.2) is 6.07 Å². The summed E-state index contributed by atoms with van der Waals surface area (Å²) in [6.45, 7) is 3.78. The number of hydrogen-bond acceptors (Lipinski definition) is 4. The molecule has 2 aromatic rings. The molecule has 0 amide bonds. The van der Waals surface area contributed by atoms with E-state index in [1.807, 2.05) is 19.9 Å². The fraction of sp³-hybridized carbons (Fsp3) is 0.250. The minimum atomic E-state index is 0.0533. The molecule has 0 unspecified atom stereocenters. The van der Waals surface area contributed by atoms with Gasteiger partial charge in [0.2, 0.25) is 10.6 Å². The van der Waals surface area contributed by atoms with Crippen molar-refractivity contribution in [3.8, 4) is 5.95 Å². The lowest BCUT2D eigenvalue weighted by Crippen LogP contribution is -2.06. The Kier molecular flexibility index (Phi) is 2.58. The van der Waals surface area contributed by atoms with Gasteiger partial charge in [-0.1, -0.05) is 0 Å². The van der Waals surface area contributed by atoms with E-state index in [1.165, 1.54) is 0 Å². The molecule has 5 nitrogen and oxygen atoms in total. The van der Waals surface area contributed by atoms with Crippen LogP contribution in [0, 0.1) is 13.8 Å².